The van der Waals surface area contributed by atoms with E-state index in [2.05, 4.69) is 0 Å². The van der Waals surface area contributed by atoms with E-state index >= 15 is 0 Å². The highest BCUT2D eigenvalue weighted by Gasteiger charge is 2.15. The van der Waals surface area contributed by atoms with Crippen LogP contribution in [0.5, 0.6) is 11.5 Å². The molecule has 0 radical (unpaired) electrons. The lowest BCUT2D eigenvalue weighted by atomic mass is 10.1. The standard InChI is InChI=1S/C17H16O4/c1-20-13-9-7-12(8-10-13)11-15(18)17(19)14-5-3-4-6-16(14)21-2/h3-11,18H,1-2H3. The molecule has 1 N–H and O–H groups in total. The van der Waals surface area contributed by atoms with Crippen molar-refractivity contribution in [2.45, 2.75) is 0 Å². The third-order valence-corrected chi connectivity index (χ3v) is 3.00. The van der Waals surface area contributed by atoms with Crippen molar-refractivity contribution in [2.24, 2.45) is 0 Å². The Morgan fingerprint density at radius 3 is 2.29 bits per heavy atom. The van der Waals surface area contributed by atoms with Crippen LogP contribution in [0.2, 0.25) is 0 Å². The fourth-order valence-electron chi connectivity index (χ4n) is 1.89. The van der Waals surface area contributed by atoms with Crippen LogP contribution in [0.15, 0.2) is 54.3 Å². The van der Waals surface area contributed by atoms with E-state index < -0.39 is 5.78 Å². The summed E-state index contributed by atoms with van der Waals surface area (Å²) >= 11 is 0. The fraction of sp³-hybridized carbons (Fsp3) is 0.118. The Hall–Kier alpha value is -2.75. The molecule has 0 aliphatic carbocycles. The van der Waals surface area contributed by atoms with Gasteiger partial charge in [-0.05, 0) is 35.9 Å². The van der Waals surface area contributed by atoms with Crippen molar-refractivity contribution in [3.63, 3.8) is 0 Å². The lowest BCUT2D eigenvalue weighted by molar-refractivity contribution is 0.0977. The number of carbonyl (C=O) groups is 1. The van der Waals surface area contributed by atoms with E-state index in [-0.39, 0.29) is 5.76 Å². The van der Waals surface area contributed by atoms with E-state index in [1.807, 2.05) is 0 Å². The molecule has 0 saturated carbocycles. The summed E-state index contributed by atoms with van der Waals surface area (Å²) in [4.78, 5) is 12.2. The van der Waals surface area contributed by atoms with Gasteiger partial charge in [-0.25, -0.2) is 0 Å². The van der Waals surface area contributed by atoms with Crippen LogP contribution in [0, 0.1) is 0 Å². The molecule has 0 saturated heterocycles. The van der Waals surface area contributed by atoms with E-state index in [0.717, 1.165) is 0 Å². The smallest absolute Gasteiger partial charge is 0.231 e. The van der Waals surface area contributed by atoms with Gasteiger partial charge in [0.15, 0.2) is 5.76 Å². The molecule has 21 heavy (non-hydrogen) atoms. The Bertz CT molecular complexity index is 657. The Balaban J connectivity index is 2.27. The molecule has 2 aromatic carbocycles. The van der Waals surface area contributed by atoms with Crippen LogP contribution in [-0.2, 0) is 0 Å². The van der Waals surface area contributed by atoms with Crippen LogP contribution < -0.4 is 9.47 Å². The number of methoxy groups -OCH3 is 2. The zero-order valence-corrected chi connectivity index (χ0v) is 11.9. The van der Waals surface area contributed by atoms with Crippen LogP contribution in [0.4, 0.5) is 0 Å². The fourth-order valence-corrected chi connectivity index (χ4v) is 1.89. The molecule has 2 aromatic rings. The van der Waals surface area contributed by atoms with E-state index in [0.29, 0.717) is 22.6 Å². The average molecular weight is 284 g/mol. The highest BCUT2D eigenvalue weighted by molar-refractivity contribution is 6.11. The predicted octanol–water partition coefficient (Wildman–Crippen LogP) is 3.49. The van der Waals surface area contributed by atoms with Crippen LogP contribution >= 0.6 is 0 Å². The van der Waals surface area contributed by atoms with Gasteiger partial charge in [0.25, 0.3) is 0 Å². The van der Waals surface area contributed by atoms with Crippen molar-refractivity contribution in [2.75, 3.05) is 14.2 Å². The Kier molecular flexibility index (Phi) is 4.61. The van der Waals surface area contributed by atoms with Gasteiger partial charge in [0.1, 0.15) is 11.5 Å². The molecule has 0 aliphatic heterocycles. The van der Waals surface area contributed by atoms with Crippen LogP contribution in [-0.4, -0.2) is 25.1 Å². The number of Topliss-reactive ketones (excluding diaryl/α,β-unsaturated/α-hetero) is 1. The number of hydrogen-bond acceptors (Lipinski definition) is 4. The molecule has 0 bridgehead atoms. The molecule has 0 atom stereocenters. The monoisotopic (exact) mass is 284 g/mol. The van der Waals surface area contributed by atoms with Gasteiger partial charge >= 0.3 is 0 Å². The molecule has 0 aromatic heterocycles. The normalized spacial score (nSPS) is 11.0. The van der Waals surface area contributed by atoms with Gasteiger partial charge in [-0.2, -0.15) is 0 Å². The minimum atomic E-state index is -0.483. The van der Waals surface area contributed by atoms with Crippen LogP contribution in [0.3, 0.4) is 0 Å². The summed E-state index contributed by atoms with van der Waals surface area (Å²) in [6, 6.07) is 13.8. The maximum absolute atomic E-state index is 12.2. The molecule has 0 heterocycles. The Labute approximate surface area is 123 Å². The van der Waals surface area contributed by atoms with E-state index in [9.17, 15) is 9.90 Å². The van der Waals surface area contributed by atoms with Gasteiger partial charge in [0.2, 0.25) is 5.78 Å². The number of ketones is 1. The molecular weight excluding hydrogens is 268 g/mol. The largest absolute Gasteiger partial charge is 0.504 e. The molecule has 0 fully saturated rings. The number of para-hydroxylation sites is 1. The number of hydrogen-bond donors (Lipinski definition) is 1. The number of ether oxygens (including phenoxy) is 2. The highest BCUT2D eigenvalue weighted by atomic mass is 16.5. The van der Waals surface area contributed by atoms with Gasteiger partial charge < -0.3 is 14.6 Å². The first-order chi connectivity index (χ1) is 10.2. The third kappa shape index (κ3) is 3.42. The van der Waals surface area contributed by atoms with Gasteiger partial charge in [-0.3, -0.25) is 4.79 Å². The molecular formula is C17H16O4. The summed E-state index contributed by atoms with van der Waals surface area (Å²) in [5.41, 5.74) is 1.03. The molecule has 0 unspecified atom stereocenters. The zero-order chi connectivity index (χ0) is 15.2. The second-order valence-electron chi connectivity index (χ2n) is 4.33. The van der Waals surface area contributed by atoms with Gasteiger partial charge in [0.05, 0.1) is 19.8 Å². The van der Waals surface area contributed by atoms with Crippen molar-refractivity contribution in [1.82, 2.24) is 0 Å². The molecule has 4 nitrogen and oxygen atoms in total. The summed E-state index contributed by atoms with van der Waals surface area (Å²) in [6.45, 7) is 0. The lowest BCUT2D eigenvalue weighted by Gasteiger charge is -2.06. The first-order valence-corrected chi connectivity index (χ1v) is 6.38. The van der Waals surface area contributed by atoms with Crippen molar-refractivity contribution in [1.29, 1.82) is 0 Å². The number of rotatable bonds is 5. The van der Waals surface area contributed by atoms with Gasteiger partial charge in [-0.1, -0.05) is 24.3 Å². The maximum atomic E-state index is 12.2. The van der Waals surface area contributed by atoms with Gasteiger partial charge in [0, 0.05) is 0 Å². The molecule has 0 amide bonds. The van der Waals surface area contributed by atoms with Crippen molar-refractivity contribution < 1.29 is 19.4 Å². The van der Waals surface area contributed by atoms with E-state index in [1.165, 1.54) is 13.2 Å². The number of carbonyl (C=O) groups excluding carboxylic acids is 1. The van der Waals surface area contributed by atoms with Gasteiger partial charge in [-0.15, -0.1) is 0 Å². The number of aliphatic hydroxyl groups is 1. The number of allylic oxidation sites excluding steroid dienone is 1. The van der Waals surface area contributed by atoms with E-state index in [4.69, 9.17) is 9.47 Å². The second-order valence-corrected chi connectivity index (χ2v) is 4.33. The molecule has 4 heteroatoms. The SMILES string of the molecule is COc1ccc(C=C(O)C(=O)c2ccccc2OC)cc1. The lowest BCUT2D eigenvalue weighted by Crippen LogP contribution is -2.05. The predicted molar refractivity (Wildman–Crippen MR) is 80.9 cm³/mol. The number of aliphatic hydroxyl groups excluding tert-OH is 1. The molecule has 2 rings (SSSR count). The van der Waals surface area contributed by atoms with Crippen molar-refractivity contribution in [3.05, 3.63) is 65.4 Å². The summed E-state index contributed by atoms with van der Waals surface area (Å²) in [7, 11) is 3.06. The van der Waals surface area contributed by atoms with Crippen molar-refractivity contribution in [3.8, 4) is 11.5 Å². The quantitative estimate of drug-likeness (QED) is 0.519. The van der Waals surface area contributed by atoms with Crippen molar-refractivity contribution >= 4 is 11.9 Å². The Morgan fingerprint density at radius 2 is 1.67 bits per heavy atom. The first kappa shape index (κ1) is 14.7. The summed E-state index contributed by atoms with van der Waals surface area (Å²) < 4.78 is 10.2. The maximum Gasteiger partial charge on any atom is 0.231 e. The average Bonchev–Trinajstić information content (AvgIpc) is 2.54. The first-order valence-electron chi connectivity index (χ1n) is 6.38. The van der Waals surface area contributed by atoms with E-state index in [1.54, 1.807) is 55.6 Å². The minimum Gasteiger partial charge on any atom is -0.504 e. The minimum absolute atomic E-state index is 0.322. The molecule has 0 spiro atoms. The Morgan fingerprint density at radius 1 is 1.00 bits per heavy atom. The second kappa shape index (κ2) is 6.61. The topological polar surface area (TPSA) is 55.8 Å². The van der Waals surface area contributed by atoms with Crippen LogP contribution in [0.1, 0.15) is 15.9 Å². The summed E-state index contributed by atoms with van der Waals surface area (Å²) in [6.07, 6.45) is 1.41. The number of benzene rings is 2. The third-order valence-electron chi connectivity index (χ3n) is 3.00. The van der Waals surface area contributed by atoms with Crippen LogP contribution in [0.25, 0.3) is 6.08 Å². The summed E-state index contributed by atoms with van der Waals surface area (Å²) in [5.74, 6) is 0.313. The highest BCUT2D eigenvalue weighted by Crippen LogP contribution is 2.21. The zero-order valence-electron chi connectivity index (χ0n) is 11.9. The molecule has 108 valence electrons. The summed E-state index contributed by atoms with van der Waals surface area (Å²) in [5, 5.41) is 10.00. The molecule has 0 aliphatic rings.